The van der Waals surface area contributed by atoms with Gasteiger partial charge < -0.3 is 15.7 Å². The molecule has 0 radical (unpaired) electrons. The topological polar surface area (TPSA) is 70.1 Å². The van der Waals surface area contributed by atoms with Gasteiger partial charge >= 0.3 is 0 Å². The van der Waals surface area contributed by atoms with Gasteiger partial charge in [-0.2, -0.15) is 0 Å². The van der Waals surface area contributed by atoms with Crippen molar-refractivity contribution in [2.75, 3.05) is 30.3 Å². The van der Waals surface area contributed by atoms with Gasteiger partial charge in [0.2, 0.25) is 0 Å². The van der Waals surface area contributed by atoms with E-state index < -0.39 is 0 Å². The van der Waals surface area contributed by atoms with E-state index in [-0.39, 0.29) is 12.0 Å². The normalized spacial score (nSPS) is 11.3. The lowest BCUT2D eigenvalue weighted by molar-refractivity contribution is 0.220. The second-order valence-corrected chi connectivity index (χ2v) is 5.21. The van der Waals surface area contributed by atoms with Crippen molar-refractivity contribution in [3.05, 3.63) is 12.4 Å². The largest absolute Gasteiger partial charge is 0.396 e. The molecule has 1 heterocycles. The van der Waals surface area contributed by atoms with Gasteiger partial charge in [0.25, 0.3) is 0 Å². The summed E-state index contributed by atoms with van der Waals surface area (Å²) in [6, 6.07) is 1.91. The summed E-state index contributed by atoms with van der Waals surface area (Å²) in [5, 5.41) is 15.5. The zero-order chi connectivity index (χ0) is 13.4. The molecule has 0 bridgehead atoms. The molecule has 0 atom stereocenters. The zero-order valence-electron chi connectivity index (χ0n) is 11.5. The third kappa shape index (κ3) is 5.31. The maximum absolute atomic E-state index is 8.98. The molecule has 0 aliphatic carbocycles. The first kappa shape index (κ1) is 14.7. The summed E-state index contributed by atoms with van der Waals surface area (Å²) in [6.45, 7) is 8.25. The van der Waals surface area contributed by atoms with Crippen molar-refractivity contribution in [1.29, 1.82) is 0 Å². The molecule has 3 N–H and O–H groups in total. The third-order valence-electron chi connectivity index (χ3n) is 2.76. The molecule has 0 unspecified atom stereocenters. The second-order valence-electron chi connectivity index (χ2n) is 5.21. The van der Waals surface area contributed by atoms with Crippen LogP contribution >= 0.6 is 0 Å². The molecule has 0 aromatic carbocycles. The van der Waals surface area contributed by atoms with E-state index in [1.54, 1.807) is 6.33 Å². The Morgan fingerprint density at radius 3 is 2.50 bits per heavy atom. The molecule has 18 heavy (non-hydrogen) atoms. The molecular weight excluding hydrogens is 228 g/mol. The molecule has 0 aliphatic rings. The van der Waals surface area contributed by atoms with E-state index in [1.807, 2.05) is 6.07 Å². The Morgan fingerprint density at radius 1 is 1.22 bits per heavy atom. The maximum Gasteiger partial charge on any atom is 0.131 e. The molecule has 102 valence electrons. The Labute approximate surface area is 109 Å². The van der Waals surface area contributed by atoms with E-state index in [1.165, 1.54) is 0 Å². The highest BCUT2D eigenvalue weighted by Gasteiger charge is 2.16. The van der Waals surface area contributed by atoms with E-state index in [9.17, 15) is 0 Å². The molecule has 1 rings (SSSR count). The third-order valence-corrected chi connectivity index (χ3v) is 2.76. The number of anilines is 2. The van der Waals surface area contributed by atoms with Crippen LogP contribution in [0.5, 0.6) is 0 Å². The molecule has 5 heteroatoms. The molecule has 0 saturated carbocycles. The smallest absolute Gasteiger partial charge is 0.131 e. The van der Waals surface area contributed by atoms with Gasteiger partial charge in [-0.05, 0) is 18.3 Å². The van der Waals surface area contributed by atoms with Crippen LogP contribution in [-0.2, 0) is 0 Å². The average molecular weight is 252 g/mol. The predicted molar refractivity (Wildman–Crippen MR) is 74.8 cm³/mol. The summed E-state index contributed by atoms with van der Waals surface area (Å²) in [5.41, 5.74) is 0.0523. The molecule has 0 aliphatic heterocycles. The van der Waals surface area contributed by atoms with Crippen LogP contribution in [-0.4, -0.2) is 34.8 Å². The van der Waals surface area contributed by atoms with Crippen molar-refractivity contribution in [1.82, 2.24) is 9.97 Å². The predicted octanol–water partition coefficient (Wildman–Crippen LogP) is 2.12. The Bertz CT molecular complexity index is 355. The first-order valence-electron chi connectivity index (χ1n) is 6.48. The Kier molecular flexibility index (Phi) is 5.85. The monoisotopic (exact) mass is 252 g/mol. The average Bonchev–Trinajstić information content (AvgIpc) is 2.35. The number of hydrogen-bond donors (Lipinski definition) is 3. The maximum atomic E-state index is 8.98. The Hall–Kier alpha value is -1.36. The van der Waals surface area contributed by atoms with Gasteiger partial charge in [0, 0.05) is 25.8 Å². The first-order valence-corrected chi connectivity index (χ1v) is 6.48. The summed E-state index contributed by atoms with van der Waals surface area (Å²) in [7, 11) is 0. The van der Waals surface area contributed by atoms with Crippen LogP contribution < -0.4 is 10.6 Å². The molecule has 5 nitrogen and oxygen atoms in total. The van der Waals surface area contributed by atoms with Crippen molar-refractivity contribution in [2.45, 2.75) is 33.6 Å². The van der Waals surface area contributed by atoms with E-state index in [0.717, 1.165) is 37.6 Å². The lowest BCUT2D eigenvalue weighted by atomic mass is 9.90. The van der Waals surface area contributed by atoms with Gasteiger partial charge in [-0.15, -0.1) is 0 Å². The summed E-state index contributed by atoms with van der Waals surface area (Å²) >= 11 is 0. The van der Waals surface area contributed by atoms with Gasteiger partial charge in [-0.3, -0.25) is 0 Å². The van der Waals surface area contributed by atoms with Crippen LogP contribution in [0.3, 0.4) is 0 Å². The van der Waals surface area contributed by atoms with E-state index in [2.05, 4.69) is 41.4 Å². The summed E-state index contributed by atoms with van der Waals surface area (Å²) in [6.07, 6.45) is 3.39. The van der Waals surface area contributed by atoms with Crippen LogP contribution in [0.1, 0.15) is 33.6 Å². The number of aromatic nitrogens is 2. The van der Waals surface area contributed by atoms with E-state index in [0.29, 0.717) is 0 Å². The van der Waals surface area contributed by atoms with Crippen molar-refractivity contribution in [3.8, 4) is 0 Å². The summed E-state index contributed by atoms with van der Waals surface area (Å²) in [5.74, 6) is 1.66. The molecule has 0 fully saturated rings. The first-order chi connectivity index (χ1) is 8.57. The van der Waals surface area contributed by atoms with Gasteiger partial charge in [-0.25, -0.2) is 9.97 Å². The van der Waals surface area contributed by atoms with Gasteiger partial charge in [0.15, 0.2) is 0 Å². The minimum Gasteiger partial charge on any atom is -0.396 e. The minimum absolute atomic E-state index is 0.0523. The Balaban J connectivity index is 2.51. The second kappa shape index (κ2) is 7.16. The van der Waals surface area contributed by atoms with E-state index in [4.69, 9.17) is 5.11 Å². The van der Waals surface area contributed by atoms with Crippen LogP contribution in [0.25, 0.3) is 0 Å². The van der Waals surface area contributed by atoms with Crippen LogP contribution in [0.2, 0.25) is 0 Å². The number of aliphatic hydroxyl groups is 1. The molecule has 1 aromatic heterocycles. The van der Waals surface area contributed by atoms with Crippen LogP contribution in [0.15, 0.2) is 12.4 Å². The highest BCUT2D eigenvalue weighted by Crippen LogP contribution is 2.20. The summed E-state index contributed by atoms with van der Waals surface area (Å²) in [4.78, 5) is 8.34. The molecule has 0 amide bonds. The van der Waals surface area contributed by atoms with Crippen LogP contribution in [0.4, 0.5) is 11.6 Å². The van der Waals surface area contributed by atoms with Crippen molar-refractivity contribution in [3.63, 3.8) is 0 Å². The van der Waals surface area contributed by atoms with Gasteiger partial charge in [0.05, 0.1) is 0 Å². The van der Waals surface area contributed by atoms with Gasteiger partial charge in [0.1, 0.15) is 18.0 Å². The van der Waals surface area contributed by atoms with Gasteiger partial charge in [-0.1, -0.05) is 20.8 Å². The van der Waals surface area contributed by atoms with E-state index >= 15 is 0 Å². The quantitative estimate of drug-likeness (QED) is 0.661. The number of nitrogens with one attached hydrogen (secondary N) is 2. The van der Waals surface area contributed by atoms with Crippen LogP contribution in [0, 0.1) is 5.41 Å². The zero-order valence-corrected chi connectivity index (χ0v) is 11.5. The fraction of sp³-hybridized carbons (Fsp3) is 0.692. The number of hydrogen-bond acceptors (Lipinski definition) is 5. The highest BCUT2D eigenvalue weighted by molar-refractivity contribution is 5.46. The molecular formula is C13H24N4O. The fourth-order valence-electron chi connectivity index (χ4n) is 1.52. The highest BCUT2D eigenvalue weighted by atomic mass is 16.3. The lowest BCUT2D eigenvalue weighted by Crippen LogP contribution is -2.24. The van der Waals surface area contributed by atoms with Crippen molar-refractivity contribution >= 4 is 11.6 Å². The lowest BCUT2D eigenvalue weighted by Gasteiger charge is -2.24. The summed E-state index contributed by atoms with van der Waals surface area (Å²) < 4.78 is 0. The fourth-order valence-corrected chi connectivity index (χ4v) is 1.52. The SMILES string of the molecule is CCCNc1cc(NCC(C)(C)CCO)ncn1. The van der Waals surface area contributed by atoms with Crippen molar-refractivity contribution < 1.29 is 5.11 Å². The number of aliphatic hydroxyl groups excluding tert-OH is 1. The number of rotatable bonds is 8. The number of nitrogens with zero attached hydrogens (tertiary/aromatic N) is 2. The minimum atomic E-state index is 0.0523. The molecule has 1 aromatic rings. The standard InChI is InChI=1S/C13H24N4O/c1-4-6-14-11-8-12(17-10-16-11)15-9-13(2,3)5-7-18/h8,10,18H,4-7,9H2,1-3H3,(H2,14,15,16,17). The Morgan fingerprint density at radius 2 is 1.89 bits per heavy atom. The molecule has 0 saturated heterocycles. The van der Waals surface area contributed by atoms with Crippen molar-refractivity contribution in [2.24, 2.45) is 5.41 Å². The molecule has 0 spiro atoms.